The Morgan fingerprint density at radius 3 is 2.38 bits per heavy atom. The van der Waals surface area contributed by atoms with E-state index >= 15 is 0 Å². The van der Waals surface area contributed by atoms with Gasteiger partial charge in [0.05, 0.1) is 10.7 Å². The number of benzene rings is 2. The average molecular weight is 397 g/mol. The summed E-state index contributed by atoms with van der Waals surface area (Å²) in [6, 6.07) is 14.3. The van der Waals surface area contributed by atoms with E-state index in [1.807, 2.05) is 24.3 Å². The van der Waals surface area contributed by atoms with Gasteiger partial charge in [-0.3, -0.25) is 0 Å². The highest BCUT2D eigenvalue weighted by Crippen LogP contribution is 2.34. The second kappa shape index (κ2) is 7.66. The molecule has 0 amide bonds. The van der Waals surface area contributed by atoms with Crippen molar-refractivity contribution in [1.29, 1.82) is 0 Å². The number of halogens is 1. The van der Waals surface area contributed by atoms with Gasteiger partial charge in [0.15, 0.2) is 11.5 Å². The van der Waals surface area contributed by atoms with Crippen LogP contribution in [0.1, 0.15) is 11.1 Å². The van der Waals surface area contributed by atoms with Crippen molar-refractivity contribution >= 4 is 22.6 Å². The Labute approximate surface area is 140 Å². The maximum absolute atomic E-state index is 5.96. The van der Waals surface area contributed by atoms with Crippen molar-refractivity contribution in [3.63, 3.8) is 0 Å². The van der Waals surface area contributed by atoms with Crippen molar-refractivity contribution in [1.82, 2.24) is 4.90 Å². The molecule has 0 aliphatic carbocycles. The lowest BCUT2D eigenvalue weighted by Gasteiger charge is -2.16. The van der Waals surface area contributed by atoms with E-state index in [1.54, 1.807) is 7.11 Å². The van der Waals surface area contributed by atoms with Crippen LogP contribution in [0.25, 0.3) is 0 Å². The Bertz CT molecular complexity index is 585. The number of methoxy groups -OCH3 is 1. The number of hydrogen-bond donors (Lipinski definition) is 0. The molecule has 0 aliphatic heterocycles. The average Bonchev–Trinajstić information content (AvgIpc) is 2.46. The molecule has 21 heavy (non-hydrogen) atoms. The van der Waals surface area contributed by atoms with E-state index in [2.05, 4.69) is 59.8 Å². The normalized spacial score (nSPS) is 10.7. The van der Waals surface area contributed by atoms with E-state index < -0.39 is 0 Å². The minimum atomic E-state index is 0.542. The third-order valence-corrected chi connectivity index (χ3v) is 3.82. The zero-order valence-electron chi connectivity index (χ0n) is 12.6. The van der Waals surface area contributed by atoms with Gasteiger partial charge in [-0.15, -0.1) is 0 Å². The Morgan fingerprint density at radius 2 is 1.76 bits per heavy atom. The summed E-state index contributed by atoms with van der Waals surface area (Å²) in [6.45, 7) is 1.42. The lowest BCUT2D eigenvalue weighted by Crippen LogP contribution is -2.11. The van der Waals surface area contributed by atoms with Crippen molar-refractivity contribution in [3.05, 3.63) is 57.2 Å². The monoisotopic (exact) mass is 397 g/mol. The van der Waals surface area contributed by atoms with Crippen LogP contribution in [-0.2, 0) is 13.2 Å². The highest BCUT2D eigenvalue weighted by atomic mass is 127. The van der Waals surface area contributed by atoms with Gasteiger partial charge in [-0.1, -0.05) is 30.3 Å². The maximum atomic E-state index is 5.96. The molecule has 0 fully saturated rings. The molecule has 0 radical (unpaired) electrons. The van der Waals surface area contributed by atoms with E-state index in [0.29, 0.717) is 6.61 Å². The molecule has 0 unspecified atom stereocenters. The number of rotatable bonds is 6. The first-order valence-electron chi connectivity index (χ1n) is 6.78. The van der Waals surface area contributed by atoms with Gasteiger partial charge >= 0.3 is 0 Å². The number of nitrogens with zero attached hydrogens (tertiary/aromatic N) is 1. The Kier molecular flexibility index (Phi) is 5.87. The van der Waals surface area contributed by atoms with Crippen LogP contribution in [0.15, 0.2) is 42.5 Å². The zero-order valence-corrected chi connectivity index (χ0v) is 14.8. The van der Waals surface area contributed by atoms with Gasteiger partial charge in [0.25, 0.3) is 0 Å². The molecule has 0 heterocycles. The molecule has 0 aromatic heterocycles. The number of hydrogen-bond acceptors (Lipinski definition) is 3. The van der Waals surface area contributed by atoms with Crippen molar-refractivity contribution < 1.29 is 9.47 Å². The molecule has 0 bridgehead atoms. The van der Waals surface area contributed by atoms with Crippen LogP contribution in [0.4, 0.5) is 0 Å². The first-order chi connectivity index (χ1) is 10.1. The van der Waals surface area contributed by atoms with Gasteiger partial charge in [0.2, 0.25) is 0 Å². The molecule has 4 heteroatoms. The number of ether oxygens (including phenoxy) is 2. The van der Waals surface area contributed by atoms with Crippen LogP contribution in [0, 0.1) is 3.57 Å². The summed E-state index contributed by atoms with van der Waals surface area (Å²) >= 11 is 2.30. The quantitative estimate of drug-likeness (QED) is 0.690. The Hall–Kier alpha value is -1.27. The summed E-state index contributed by atoms with van der Waals surface area (Å²) in [5.74, 6) is 1.60. The molecule has 0 aliphatic rings. The predicted octanol–water partition coefficient (Wildman–Crippen LogP) is 3.94. The largest absolute Gasteiger partial charge is 0.493 e. The lowest BCUT2D eigenvalue weighted by atomic mass is 10.2. The fraction of sp³-hybridized carbons (Fsp3) is 0.294. The van der Waals surface area contributed by atoms with Crippen molar-refractivity contribution in [3.8, 4) is 11.5 Å². The van der Waals surface area contributed by atoms with Crippen LogP contribution in [0.3, 0.4) is 0 Å². The van der Waals surface area contributed by atoms with Gasteiger partial charge < -0.3 is 14.4 Å². The minimum absolute atomic E-state index is 0.542. The van der Waals surface area contributed by atoms with Gasteiger partial charge in [-0.05, 0) is 59.9 Å². The van der Waals surface area contributed by atoms with E-state index in [1.165, 1.54) is 5.56 Å². The van der Waals surface area contributed by atoms with Crippen LogP contribution in [0.2, 0.25) is 0 Å². The molecular weight excluding hydrogens is 377 g/mol. The van der Waals surface area contributed by atoms with Crippen molar-refractivity contribution in [2.45, 2.75) is 13.2 Å². The van der Waals surface area contributed by atoms with E-state index in [-0.39, 0.29) is 0 Å². The van der Waals surface area contributed by atoms with Crippen LogP contribution in [-0.4, -0.2) is 26.1 Å². The van der Waals surface area contributed by atoms with Crippen molar-refractivity contribution in [2.75, 3.05) is 21.2 Å². The van der Waals surface area contributed by atoms with Crippen LogP contribution < -0.4 is 9.47 Å². The Balaban J connectivity index is 2.18. The molecule has 0 saturated carbocycles. The molecule has 2 rings (SSSR count). The molecule has 2 aromatic carbocycles. The third kappa shape index (κ3) is 4.61. The lowest BCUT2D eigenvalue weighted by molar-refractivity contribution is 0.281. The summed E-state index contributed by atoms with van der Waals surface area (Å²) in [4.78, 5) is 2.13. The highest BCUT2D eigenvalue weighted by molar-refractivity contribution is 14.1. The van der Waals surface area contributed by atoms with Crippen LogP contribution >= 0.6 is 22.6 Å². The van der Waals surface area contributed by atoms with Gasteiger partial charge in [0, 0.05) is 6.54 Å². The van der Waals surface area contributed by atoms with Gasteiger partial charge in [-0.2, -0.15) is 0 Å². The SMILES string of the molecule is COc1cc(CN(C)C)cc(I)c1OCc1ccccc1. The van der Waals surface area contributed by atoms with E-state index in [9.17, 15) is 0 Å². The van der Waals surface area contributed by atoms with Gasteiger partial charge in [-0.25, -0.2) is 0 Å². The van der Waals surface area contributed by atoms with E-state index in [0.717, 1.165) is 27.2 Å². The summed E-state index contributed by atoms with van der Waals surface area (Å²) in [5.41, 5.74) is 2.36. The molecule has 0 spiro atoms. The highest BCUT2D eigenvalue weighted by Gasteiger charge is 2.12. The second-order valence-corrected chi connectivity index (χ2v) is 6.28. The summed E-state index contributed by atoms with van der Waals surface area (Å²) in [5, 5.41) is 0. The first kappa shape index (κ1) is 16.1. The van der Waals surface area contributed by atoms with Crippen LogP contribution in [0.5, 0.6) is 11.5 Å². The zero-order chi connectivity index (χ0) is 15.2. The molecule has 3 nitrogen and oxygen atoms in total. The van der Waals surface area contributed by atoms with Crippen molar-refractivity contribution in [2.24, 2.45) is 0 Å². The molecule has 112 valence electrons. The molecule has 0 saturated heterocycles. The minimum Gasteiger partial charge on any atom is -0.493 e. The fourth-order valence-corrected chi connectivity index (χ4v) is 2.92. The summed E-state index contributed by atoms with van der Waals surface area (Å²) < 4.78 is 12.5. The molecular formula is C17H20INO2. The standard InChI is InChI=1S/C17H20INO2/c1-19(2)11-14-9-15(18)17(16(10-14)20-3)21-12-13-7-5-4-6-8-13/h4-10H,11-12H2,1-3H3. The fourth-order valence-electron chi connectivity index (χ4n) is 2.10. The molecule has 0 atom stereocenters. The van der Waals surface area contributed by atoms with Gasteiger partial charge in [0.1, 0.15) is 6.61 Å². The Morgan fingerprint density at radius 1 is 1.05 bits per heavy atom. The smallest absolute Gasteiger partial charge is 0.174 e. The molecule has 2 aromatic rings. The first-order valence-corrected chi connectivity index (χ1v) is 7.86. The van der Waals surface area contributed by atoms with E-state index in [4.69, 9.17) is 9.47 Å². The summed E-state index contributed by atoms with van der Waals surface area (Å²) in [6.07, 6.45) is 0. The topological polar surface area (TPSA) is 21.7 Å². The molecule has 0 N–H and O–H groups in total. The third-order valence-electron chi connectivity index (χ3n) is 3.01. The summed E-state index contributed by atoms with van der Waals surface area (Å²) in [7, 11) is 5.79. The predicted molar refractivity (Wildman–Crippen MR) is 93.9 cm³/mol. The maximum Gasteiger partial charge on any atom is 0.174 e. The second-order valence-electron chi connectivity index (χ2n) is 5.12.